The van der Waals surface area contributed by atoms with Gasteiger partial charge in [-0.3, -0.25) is 0 Å². The molecule has 1 aliphatic rings. The van der Waals surface area contributed by atoms with E-state index in [-0.39, 0.29) is 5.41 Å². The summed E-state index contributed by atoms with van der Waals surface area (Å²) < 4.78 is 0. The maximum Gasteiger partial charge on any atom is 0.0314 e. The first kappa shape index (κ1) is 19.8. The van der Waals surface area contributed by atoms with Gasteiger partial charge in [0.25, 0.3) is 0 Å². The Balaban J connectivity index is 1.47. The van der Waals surface area contributed by atoms with Gasteiger partial charge in [0.15, 0.2) is 0 Å². The maximum absolute atomic E-state index is 5.80. The minimum atomic E-state index is -0.126. The largest absolute Gasteiger partial charge is 0.399 e. The van der Waals surface area contributed by atoms with Gasteiger partial charge in [-0.25, -0.2) is 0 Å². The lowest BCUT2D eigenvalue weighted by molar-refractivity contribution is 0.757. The molecular formula is C28H28N2. The SMILES string of the molecule is CC1(c2ccc(Cc3ccc(N)cc3)cc2)C=CC=C(Cc2ccc(N)cc2)C=C1. The van der Waals surface area contributed by atoms with Gasteiger partial charge in [-0.2, -0.15) is 0 Å². The lowest BCUT2D eigenvalue weighted by atomic mass is 9.81. The summed E-state index contributed by atoms with van der Waals surface area (Å²) in [6.45, 7) is 2.26. The maximum atomic E-state index is 5.80. The molecule has 0 heterocycles. The van der Waals surface area contributed by atoms with Gasteiger partial charge in [0, 0.05) is 16.8 Å². The molecule has 0 aromatic heterocycles. The molecule has 2 nitrogen and oxygen atoms in total. The second-order valence-electron chi connectivity index (χ2n) is 8.25. The van der Waals surface area contributed by atoms with Gasteiger partial charge in [0.05, 0.1) is 0 Å². The molecule has 0 fully saturated rings. The monoisotopic (exact) mass is 392 g/mol. The number of hydrogen-bond donors (Lipinski definition) is 2. The number of benzene rings is 3. The summed E-state index contributed by atoms with van der Waals surface area (Å²) in [4.78, 5) is 0. The molecule has 1 atom stereocenters. The van der Waals surface area contributed by atoms with Crippen LogP contribution in [0.4, 0.5) is 11.4 Å². The van der Waals surface area contributed by atoms with Crippen molar-refractivity contribution in [3.8, 4) is 0 Å². The Morgan fingerprint density at radius 1 is 0.633 bits per heavy atom. The lowest BCUT2D eigenvalue weighted by Crippen LogP contribution is -2.15. The van der Waals surface area contributed by atoms with Crippen LogP contribution < -0.4 is 11.5 Å². The highest BCUT2D eigenvalue weighted by Gasteiger charge is 2.21. The summed E-state index contributed by atoms with van der Waals surface area (Å²) >= 11 is 0. The van der Waals surface area contributed by atoms with Gasteiger partial charge >= 0.3 is 0 Å². The van der Waals surface area contributed by atoms with E-state index in [1.165, 1.54) is 27.8 Å². The number of nitrogens with two attached hydrogens (primary N) is 2. The van der Waals surface area contributed by atoms with E-state index in [4.69, 9.17) is 11.5 Å². The van der Waals surface area contributed by atoms with Crippen LogP contribution in [0.15, 0.2) is 109 Å². The van der Waals surface area contributed by atoms with Crippen LogP contribution in [-0.4, -0.2) is 0 Å². The first-order chi connectivity index (χ1) is 14.5. The summed E-state index contributed by atoms with van der Waals surface area (Å²) in [5.74, 6) is 0. The zero-order valence-electron chi connectivity index (χ0n) is 17.4. The van der Waals surface area contributed by atoms with Gasteiger partial charge in [-0.1, -0.05) is 78.9 Å². The molecule has 150 valence electrons. The van der Waals surface area contributed by atoms with Crippen molar-refractivity contribution in [3.63, 3.8) is 0 Å². The number of rotatable bonds is 5. The molecule has 4 N–H and O–H groups in total. The molecule has 1 unspecified atom stereocenters. The normalized spacial score (nSPS) is 18.1. The molecule has 0 spiro atoms. The fourth-order valence-corrected chi connectivity index (χ4v) is 3.80. The number of anilines is 2. The third-order valence-corrected chi connectivity index (χ3v) is 5.75. The van der Waals surface area contributed by atoms with Crippen molar-refractivity contribution >= 4 is 11.4 Å². The van der Waals surface area contributed by atoms with Crippen LogP contribution in [0.25, 0.3) is 0 Å². The van der Waals surface area contributed by atoms with Crippen LogP contribution in [0.1, 0.15) is 29.2 Å². The molecule has 0 bridgehead atoms. The van der Waals surface area contributed by atoms with Crippen LogP contribution >= 0.6 is 0 Å². The highest BCUT2D eigenvalue weighted by Crippen LogP contribution is 2.30. The zero-order chi connectivity index (χ0) is 21.0. The predicted molar refractivity (Wildman–Crippen MR) is 128 cm³/mol. The quantitative estimate of drug-likeness (QED) is 0.524. The fourth-order valence-electron chi connectivity index (χ4n) is 3.80. The van der Waals surface area contributed by atoms with E-state index in [0.717, 1.165) is 24.2 Å². The molecule has 1 aliphatic carbocycles. The topological polar surface area (TPSA) is 52.0 Å². The second-order valence-corrected chi connectivity index (χ2v) is 8.25. The molecule has 4 rings (SSSR count). The Labute approximate surface area is 179 Å². The summed E-state index contributed by atoms with van der Waals surface area (Å²) in [6.07, 6.45) is 13.0. The Hall–Kier alpha value is -3.52. The van der Waals surface area contributed by atoms with E-state index >= 15 is 0 Å². The molecule has 30 heavy (non-hydrogen) atoms. The summed E-state index contributed by atoms with van der Waals surface area (Å²) in [5, 5.41) is 0. The van der Waals surface area contributed by atoms with E-state index in [1.54, 1.807) is 0 Å². The number of hydrogen-bond acceptors (Lipinski definition) is 2. The Morgan fingerprint density at radius 2 is 1.13 bits per heavy atom. The van der Waals surface area contributed by atoms with Crippen molar-refractivity contribution in [1.29, 1.82) is 0 Å². The molecule has 0 amide bonds. The van der Waals surface area contributed by atoms with E-state index in [0.29, 0.717) is 0 Å². The van der Waals surface area contributed by atoms with Crippen molar-refractivity contribution in [1.82, 2.24) is 0 Å². The number of allylic oxidation sites excluding steroid dienone is 6. The van der Waals surface area contributed by atoms with Crippen LogP contribution in [0.2, 0.25) is 0 Å². The van der Waals surface area contributed by atoms with Crippen molar-refractivity contribution in [2.75, 3.05) is 11.5 Å². The Morgan fingerprint density at radius 3 is 1.70 bits per heavy atom. The van der Waals surface area contributed by atoms with Crippen LogP contribution in [-0.2, 0) is 18.3 Å². The van der Waals surface area contributed by atoms with Crippen LogP contribution in [0.5, 0.6) is 0 Å². The average Bonchev–Trinajstić information content (AvgIpc) is 2.94. The minimum Gasteiger partial charge on any atom is -0.399 e. The van der Waals surface area contributed by atoms with Gasteiger partial charge in [-0.15, -0.1) is 0 Å². The molecule has 3 aromatic rings. The third kappa shape index (κ3) is 4.72. The molecule has 0 aliphatic heterocycles. The highest BCUT2D eigenvalue weighted by molar-refractivity contribution is 5.46. The summed E-state index contributed by atoms with van der Waals surface area (Å²) in [5.41, 5.74) is 19.5. The first-order valence-electron chi connectivity index (χ1n) is 10.4. The highest BCUT2D eigenvalue weighted by atomic mass is 14.5. The predicted octanol–water partition coefficient (Wildman–Crippen LogP) is 5.99. The average molecular weight is 393 g/mol. The van der Waals surface area contributed by atoms with Gasteiger partial charge in [0.1, 0.15) is 0 Å². The minimum absolute atomic E-state index is 0.126. The van der Waals surface area contributed by atoms with E-state index < -0.39 is 0 Å². The fraction of sp³-hybridized carbons (Fsp3) is 0.143. The van der Waals surface area contributed by atoms with E-state index in [1.807, 2.05) is 24.3 Å². The first-order valence-corrected chi connectivity index (χ1v) is 10.4. The van der Waals surface area contributed by atoms with Gasteiger partial charge in [0.2, 0.25) is 0 Å². The van der Waals surface area contributed by atoms with E-state index in [9.17, 15) is 0 Å². The number of nitrogen functional groups attached to an aromatic ring is 2. The standard InChI is InChI=1S/C28H28N2/c1-28(17-2-3-21(16-18-28)19-23-6-12-26(29)13-7-23)25-10-4-22(5-11-25)20-24-8-14-27(30)15-9-24/h2-18H,19-20,29-30H2,1H3. The van der Waals surface area contributed by atoms with Crippen molar-refractivity contribution < 1.29 is 0 Å². The molecule has 3 aromatic carbocycles. The summed E-state index contributed by atoms with van der Waals surface area (Å²) in [6, 6.07) is 25.2. The van der Waals surface area contributed by atoms with Crippen LogP contribution in [0.3, 0.4) is 0 Å². The van der Waals surface area contributed by atoms with E-state index in [2.05, 4.69) is 85.8 Å². The Kier molecular flexibility index (Phi) is 5.58. The van der Waals surface area contributed by atoms with Gasteiger partial charge in [-0.05, 0) is 71.9 Å². The lowest BCUT2D eigenvalue weighted by Gasteiger charge is -2.22. The second kappa shape index (κ2) is 8.46. The van der Waals surface area contributed by atoms with Crippen molar-refractivity contribution in [2.45, 2.75) is 25.2 Å². The van der Waals surface area contributed by atoms with Crippen molar-refractivity contribution in [2.24, 2.45) is 0 Å². The molecule has 0 saturated carbocycles. The third-order valence-electron chi connectivity index (χ3n) is 5.75. The molecule has 2 heteroatoms. The zero-order valence-corrected chi connectivity index (χ0v) is 17.4. The van der Waals surface area contributed by atoms with Crippen molar-refractivity contribution in [3.05, 3.63) is 131 Å². The van der Waals surface area contributed by atoms with Crippen LogP contribution in [0, 0.1) is 0 Å². The van der Waals surface area contributed by atoms with Gasteiger partial charge < -0.3 is 11.5 Å². The smallest absolute Gasteiger partial charge is 0.0314 e. The molecule has 0 saturated heterocycles. The summed E-state index contributed by atoms with van der Waals surface area (Å²) in [7, 11) is 0. The molecular weight excluding hydrogens is 364 g/mol. The Bertz CT molecular complexity index is 1080. The molecule has 0 radical (unpaired) electrons.